The van der Waals surface area contributed by atoms with E-state index in [0.29, 0.717) is 0 Å². The first-order valence-electron chi connectivity index (χ1n) is 5.63. The summed E-state index contributed by atoms with van der Waals surface area (Å²) >= 11 is 5.24. The van der Waals surface area contributed by atoms with Gasteiger partial charge < -0.3 is 0 Å². The zero-order valence-corrected chi connectivity index (χ0v) is 12.6. The summed E-state index contributed by atoms with van der Waals surface area (Å²) in [6, 6.07) is 2.01. The van der Waals surface area contributed by atoms with Crippen LogP contribution in [-0.2, 0) is 0 Å². The molecule has 0 aliphatic rings. The van der Waals surface area contributed by atoms with Crippen molar-refractivity contribution >= 4 is 27.7 Å². The second-order valence-corrected chi connectivity index (χ2v) is 6.01. The summed E-state index contributed by atoms with van der Waals surface area (Å²) in [5.41, 5.74) is 2.12. The third-order valence-electron chi connectivity index (χ3n) is 2.41. The minimum atomic E-state index is 0.776. The van der Waals surface area contributed by atoms with Crippen LogP contribution in [0, 0.1) is 19.8 Å². The second-order valence-electron chi connectivity index (χ2n) is 4.15. The number of alkyl halides is 1. The van der Waals surface area contributed by atoms with Crippen LogP contribution >= 0.6 is 27.7 Å². The Balaban J connectivity index is 2.37. The lowest BCUT2D eigenvalue weighted by atomic mass is 10.1. The van der Waals surface area contributed by atoms with Crippen LogP contribution in [0.5, 0.6) is 0 Å². The fourth-order valence-corrected chi connectivity index (χ4v) is 3.34. The van der Waals surface area contributed by atoms with Crippen LogP contribution in [0.25, 0.3) is 0 Å². The summed E-state index contributed by atoms with van der Waals surface area (Å²) in [7, 11) is 0. The van der Waals surface area contributed by atoms with Crippen molar-refractivity contribution in [2.75, 3.05) is 11.1 Å². The first-order valence-corrected chi connectivity index (χ1v) is 7.73. The molecule has 0 radical (unpaired) electrons. The first-order chi connectivity index (χ1) is 7.61. The number of halogens is 1. The van der Waals surface area contributed by atoms with Gasteiger partial charge in [-0.25, -0.2) is 9.97 Å². The number of nitrogens with zero attached hydrogens (tertiary/aromatic N) is 2. The highest BCUT2D eigenvalue weighted by atomic mass is 79.9. The number of thioether (sulfide) groups is 1. The van der Waals surface area contributed by atoms with E-state index in [9.17, 15) is 0 Å². The average Bonchev–Trinajstić information content (AvgIpc) is 2.16. The van der Waals surface area contributed by atoms with E-state index in [1.807, 2.05) is 19.9 Å². The summed E-state index contributed by atoms with van der Waals surface area (Å²) in [4.78, 5) is 8.84. The van der Waals surface area contributed by atoms with Gasteiger partial charge in [-0.15, -0.1) is 0 Å². The summed E-state index contributed by atoms with van der Waals surface area (Å²) < 4.78 is 0. The van der Waals surface area contributed by atoms with Crippen LogP contribution in [0.1, 0.15) is 31.2 Å². The van der Waals surface area contributed by atoms with Gasteiger partial charge in [-0.05, 0) is 38.7 Å². The molecular weight excluding hydrogens is 284 g/mol. The minimum absolute atomic E-state index is 0.776. The molecule has 0 aliphatic heterocycles. The molecule has 0 saturated heterocycles. The highest BCUT2D eigenvalue weighted by molar-refractivity contribution is 9.09. The van der Waals surface area contributed by atoms with Crippen molar-refractivity contribution in [1.29, 1.82) is 0 Å². The minimum Gasteiger partial charge on any atom is -0.228 e. The SMILES string of the molecule is Cc1cc(C)nc(SCCC(C)CCBr)n1. The van der Waals surface area contributed by atoms with Crippen molar-refractivity contribution < 1.29 is 0 Å². The lowest BCUT2D eigenvalue weighted by Gasteiger charge is -2.08. The van der Waals surface area contributed by atoms with Crippen LogP contribution < -0.4 is 0 Å². The lowest BCUT2D eigenvalue weighted by molar-refractivity contribution is 0.555. The highest BCUT2D eigenvalue weighted by Crippen LogP contribution is 2.19. The lowest BCUT2D eigenvalue weighted by Crippen LogP contribution is -1.99. The molecular formula is C12H19BrN2S. The molecule has 0 aromatic carbocycles. The van der Waals surface area contributed by atoms with E-state index in [0.717, 1.165) is 33.5 Å². The van der Waals surface area contributed by atoms with Crippen molar-refractivity contribution in [3.63, 3.8) is 0 Å². The van der Waals surface area contributed by atoms with Gasteiger partial charge in [0.2, 0.25) is 0 Å². The number of rotatable bonds is 6. The van der Waals surface area contributed by atoms with Crippen molar-refractivity contribution in [3.8, 4) is 0 Å². The monoisotopic (exact) mass is 302 g/mol. The Kier molecular flexibility index (Phi) is 6.36. The molecule has 1 rings (SSSR count). The van der Waals surface area contributed by atoms with E-state index in [2.05, 4.69) is 32.8 Å². The molecule has 1 aromatic rings. The molecule has 1 aromatic heterocycles. The quantitative estimate of drug-likeness (QED) is 0.451. The third kappa shape index (κ3) is 5.30. The van der Waals surface area contributed by atoms with Gasteiger partial charge in [0, 0.05) is 22.5 Å². The molecule has 0 N–H and O–H groups in total. The summed E-state index contributed by atoms with van der Waals surface area (Å²) in [6.45, 7) is 6.34. The van der Waals surface area contributed by atoms with Crippen LogP contribution in [0.2, 0.25) is 0 Å². The first kappa shape index (κ1) is 14.0. The Labute approximate surface area is 111 Å². The molecule has 2 nitrogen and oxygen atoms in total. The fraction of sp³-hybridized carbons (Fsp3) is 0.667. The van der Waals surface area contributed by atoms with E-state index in [1.165, 1.54) is 12.8 Å². The Morgan fingerprint density at radius 1 is 1.25 bits per heavy atom. The standard InChI is InChI=1S/C12H19BrN2S/c1-9(4-6-13)5-7-16-12-14-10(2)8-11(3)15-12/h8-9H,4-7H2,1-3H3. The van der Waals surface area contributed by atoms with Crippen LogP contribution in [0.15, 0.2) is 11.2 Å². The average molecular weight is 303 g/mol. The molecule has 1 atom stereocenters. The number of hydrogen-bond donors (Lipinski definition) is 0. The number of aromatic nitrogens is 2. The molecule has 0 amide bonds. The molecule has 0 spiro atoms. The maximum absolute atomic E-state index is 4.42. The van der Waals surface area contributed by atoms with E-state index < -0.39 is 0 Å². The van der Waals surface area contributed by atoms with Gasteiger partial charge in [-0.2, -0.15) is 0 Å². The zero-order valence-electron chi connectivity index (χ0n) is 10.2. The van der Waals surface area contributed by atoms with E-state index in [-0.39, 0.29) is 0 Å². The third-order valence-corrected chi connectivity index (χ3v) is 3.74. The maximum Gasteiger partial charge on any atom is 0.187 e. The molecule has 4 heteroatoms. The Hall–Kier alpha value is -0.0900. The molecule has 0 bridgehead atoms. The van der Waals surface area contributed by atoms with Crippen LogP contribution in [0.4, 0.5) is 0 Å². The normalized spacial score (nSPS) is 12.8. The van der Waals surface area contributed by atoms with Crippen LogP contribution in [-0.4, -0.2) is 21.1 Å². The second kappa shape index (κ2) is 7.28. The Morgan fingerprint density at radius 2 is 1.88 bits per heavy atom. The molecule has 16 heavy (non-hydrogen) atoms. The van der Waals surface area contributed by atoms with Gasteiger partial charge in [0.1, 0.15) is 0 Å². The molecule has 0 aliphatic carbocycles. The van der Waals surface area contributed by atoms with E-state index in [1.54, 1.807) is 11.8 Å². The van der Waals surface area contributed by atoms with Crippen molar-refractivity contribution in [1.82, 2.24) is 9.97 Å². The van der Waals surface area contributed by atoms with Crippen molar-refractivity contribution in [2.45, 2.75) is 38.8 Å². The molecule has 0 fully saturated rings. The topological polar surface area (TPSA) is 25.8 Å². The number of hydrogen-bond acceptors (Lipinski definition) is 3. The predicted molar refractivity (Wildman–Crippen MR) is 74.4 cm³/mol. The Morgan fingerprint density at radius 3 is 2.44 bits per heavy atom. The predicted octanol–water partition coefficient (Wildman–Crippen LogP) is 4.00. The molecule has 1 unspecified atom stereocenters. The summed E-state index contributed by atoms with van der Waals surface area (Å²) in [5, 5.41) is 2.02. The van der Waals surface area contributed by atoms with Crippen molar-refractivity contribution in [3.05, 3.63) is 17.5 Å². The van der Waals surface area contributed by atoms with Gasteiger partial charge in [0.15, 0.2) is 5.16 Å². The van der Waals surface area contributed by atoms with Crippen LogP contribution in [0.3, 0.4) is 0 Å². The molecule has 0 saturated carbocycles. The van der Waals surface area contributed by atoms with E-state index >= 15 is 0 Å². The fourth-order valence-electron chi connectivity index (χ4n) is 1.44. The van der Waals surface area contributed by atoms with E-state index in [4.69, 9.17) is 0 Å². The Bertz CT molecular complexity index is 311. The van der Waals surface area contributed by atoms with Gasteiger partial charge >= 0.3 is 0 Å². The van der Waals surface area contributed by atoms with Gasteiger partial charge in [0.25, 0.3) is 0 Å². The highest BCUT2D eigenvalue weighted by Gasteiger charge is 2.04. The van der Waals surface area contributed by atoms with Crippen molar-refractivity contribution in [2.24, 2.45) is 5.92 Å². The van der Waals surface area contributed by atoms with Gasteiger partial charge in [-0.1, -0.05) is 34.6 Å². The zero-order chi connectivity index (χ0) is 12.0. The summed E-state index contributed by atoms with van der Waals surface area (Å²) in [6.07, 6.45) is 2.47. The maximum atomic E-state index is 4.42. The van der Waals surface area contributed by atoms with Gasteiger partial charge in [0.05, 0.1) is 0 Å². The molecule has 90 valence electrons. The summed E-state index contributed by atoms with van der Waals surface area (Å²) in [5.74, 6) is 1.88. The number of aryl methyl sites for hydroxylation is 2. The molecule has 1 heterocycles. The smallest absolute Gasteiger partial charge is 0.187 e. The largest absolute Gasteiger partial charge is 0.228 e. The van der Waals surface area contributed by atoms with Gasteiger partial charge in [-0.3, -0.25) is 0 Å².